The number of amides is 1. The van der Waals surface area contributed by atoms with E-state index in [1.54, 1.807) is 36.1 Å². The zero-order chi connectivity index (χ0) is 26.3. The third-order valence-electron chi connectivity index (χ3n) is 6.51. The molecular formula is C27H21ClF2N6O. The number of fused-ring (bicyclic) bond motifs is 2. The Labute approximate surface area is 216 Å². The molecule has 2 aromatic carbocycles. The van der Waals surface area contributed by atoms with Crippen LogP contribution in [0.25, 0.3) is 37.8 Å². The van der Waals surface area contributed by atoms with Gasteiger partial charge in [0.2, 0.25) is 12.5 Å². The van der Waals surface area contributed by atoms with Crippen molar-refractivity contribution in [2.75, 3.05) is 31.1 Å². The second kappa shape index (κ2) is 9.71. The maximum absolute atomic E-state index is 16.0. The Hall–Kier alpha value is -4.16. The Kier molecular flexibility index (Phi) is 6.44. The van der Waals surface area contributed by atoms with Crippen molar-refractivity contribution in [3.63, 3.8) is 0 Å². The molecule has 0 aliphatic carbocycles. The molecule has 0 N–H and O–H groups in total. The van der Waals surface area contributed by atoms with Crippen LogP contribution < -0.4 is 4.90 Å². The molecular weight excluding hydrogens is 498 g/mol. The molecule has 7 nitrogen and oxygen atoms in total. The first-order chi connectivity index (χ1) is 17.8. The lowest BCUT2D eigenvalue weighted by Gasteiger charge is -2.39. The molecule has 1 atom stereocenters. The highest BCUT2D eigenvalue weighted by molar-refractivity contribution is 6.36. The van der Waals surface area contributed by atoms with E-state index >= 15 is 4.39 Å². The highest BCUT2D eigenvalue weighted by Crippen LogP contribution is 2.38. The summed E-state index contributed by atoms with van der Waals surface area (Å²) >= 11 is 6.27. The fraction of sp³-hybridized carbons (Fsp3) is 0.222. The lowest BCUT2D eigenvalue weighted by atomic mass is 10.0. The summed E-state index contributed by atoms with van der Waals surface area (Å²) in [5.41, 5.74) is 0.429. The van der Waals surface area contributed by atoms with E-state index in [2.05, 4.69) is 26.4 Å². The highest BCUT2D eigenvalue weighted by atomic mass is 35.5. The molecule has 1 aliphatic rings. The molecule has 1 amide bonds. The van der Waals surface area contributed by atoms with E-state index in [-0.39, 0.29) is 34.7 Å². The second-order valence-corrected chi connectivity index (χ2v) is 9.10. The maximum atomic E-state index is 16.0. The topological polar surface area (TPSA) is 66.6 Å². The number of aromatic nitrogens is 3. The number of carbonyl (C=O) groups excluding carboxylic acids is 1. The van der Waals surface area contributed by atoms with Gasteiger partial charge in [0, 0.05) is 36.8 Å². The molecule has 2 aromatic heterocycles. The molecule has 4 aromatic rings. The molecule has 0 saturated carbocycles. The van der Waals surface area contributed by atoms with Gasteiger partial charge in [-0.05, 0) is 24.5 Å². The van der Waals surface area contributed by atoms with Crippen molar-refractivity contribution < 1.29 is 13.6 Å². The third-order valence-corrected chi connectivity index (χ3v) is 6.88. The van der Waals surface area contributed by atoms with Crippen molar-refractivity contribution in [3.05, 3.63) is 83.1 Å². The number of aryl methyl sites for hydroxylation is 1. The fourth-order valence-electron chi connectivity index (χ4n) is 4.80. The normalized spacial score (nSPS) is 15.7. The molecule has 37 heavy (non-hydrogen) atoms. The standard InChI is InChI=1S/C27H21ClF2N6O/c1-4-21(37)36-11-10-35(14-17(36)12-31-3)27-19-13-32-25(24(30)26(19)33-15(2)34-27)18-7-5-6-16-8-9-20(29)23(28)22(16)18/h4-9,13,17H,1,10-12,14H2,2H3/t17-/m0/s1. The van der Waals surface area contributed by atoms with Gasteiger partial charge in [-0.3, -0.25) is 9.78 Å². The van der Waals surface area contributed by atoms with Crippen LogP contribution in [-0.4, -0.2) is 58.0 Å². The molecule has 0 bridgehead atoms. The minimum atomic E-state index is -0.671. The number of halogens is 3. The Morgan fingerprint density at radius 3 is 2.84 bits per heavy atom. The number of benzene rings is 2. The number of hydrogen-bond donors (Lipinski definition) is 0. The summed E-state index contributed by atoms with van der Waals surface area (Å²) in [5.74, 6) is -0.684. The van der Waals surface area contributed by atoms with Gasteiger partial charge in [-0.15, -0.1) is 0 Å². The maximum Gasteiger partial charge on any atom is 0.246 e. The minimum Gasteiger partial charge on any atom is -0.352 e. The number of anilines is 1. The largest absolute Gasteiger partial charge is 0.352 e. The summed E-state index contributed by atoms with van der Waals surface area (Å²) in [5, 5.41) is 1.31. The Bertz CT molecular complexity index is 1620. The lowest BCUT2D eigenvalue weighted by Crippen LogP contribution is -2.56. The van der Waals surface area contributed by atoms with E-state index in [4.69, 9.17) is 18.2 Å². The van der Waals surface area contributed by atoms with Gasteiger partial charge in [0.15, 0.2) is 5.82 Å². The number of hydrogen-bond acceptors (Lipinski definition) is 5. The van der Waals surface area contributed by atoms with Crippen molar-refractivity contribution in [1.82, 2.24) is 19.9 Å². The van der Waals surface area contributed by atoms with E-state index < -0.39 is 11.6 Å². The van der Waals surface area contributed by atoms with Crippen LogP contribution in [0.15, 0.2) is 49.2 Å². The average Bonchev–Trinajstić information content (AvgIpc) is 2.90. The first-order valence-corrected chi connectivity index (χ1v) is 11.9. The third kappa shape index (κ3) is 4.23. The number of nitrogens with zero attached hydrogens (tertiary/aromatic N) is 6. The Balaban J connectivity index is 1.63. The first-order valence-electron chi connectivity index (χ1n) is 11.5. The van der Waals surface area contributed by atoms with Crippen LogP contribution in [0.3, 0.4) is 0 Å². The molecule has 3 heterocycles. The predicted molar refractivity (Wildman–Crippen MR) is 139 cm³/mol. The van der Waals surface area contributed by atoms with Gasteiger partial charge >= 0.3 is 0 Å². The van der Waals surface area contributed by atoms with Gasteiger partial charge in [0.25, 0.3) is 0 Å². The molecule has 0 radical (unpaired) electrons. The van der Waals surface area contributed by atoms with E-state index in [1.165, 1.54) is 18.3 Å². The molecule has 1 saturated heterocycles. The summed E-state index contributed by atoms with van der Waals surface area (Å²) in [6.07, 6.45) is 2.74. The van der Waals surface area contributed by atoms with Gasteiger partial charge in [-0.1, -0.05) is 42.4 Å². The predicted octanol–water partition coefficient (Wildman–Crippen LogP) is 5.21. The van der Waals surface area contributed by atoms with E-state index in [0.29, 0.717) is 53.0 Å². The number of carbonyl (C=O) groups is 1. The molecule has 5 rings (SSSR count). The Morgan fingerprint density at radius 2 is 2.08 bits per heavy atom. The second-order valence-electron chi connectivity index (χ2n) is 8.72. The minimum absolute atomic E-state index is 0.00179. The van der Waals surface area contributed by atoms with Crippen LogP contribution in [0, 0.1) is 25.1 Å². The van der Waals surface area contributed by atoms with E-state index in [0.717, 1.165) is 0 Å². The van der Waals surface area contributed by atoms with Crippen LogP contribution in [0.5, 0.6) is 0 Å². The summed E-state index contributed by atoms with van der Waals surface area (Å²) in [6.45, 7) is 13.8. The SMILES string of the molecule is [C-]#[N+]C[C@H]1CN(c2nc(C)nc3c(F)c(-c4cccc5ccc(F)c(Cl)c45)ncc23)CCN1C(=O)C=C. The number of rotatable bonds is 4. The monoisotopic (exact) mass is 518 g/mol. The van der Waals surface area contributed by atoms with Crippen molar-refractivity contribution in [2.24, 2.45) is 0 Å². The van der Waals surface area contributed by atoms with Gasteiger partial charge < -0.3 is 14.6 Å². The van der Waals surface area contributed by atoms with E-state index in [1.807, 2.05) is 4.90 Å². The van der Waals surface area contributed by atoms with Crippen LogP contribution in [0.4, 0.5) is 14.6 Å². The van der Waals surface area contributed by atoms with Crippen LogP contribution in [0.2, 0.25) is 5.02 Å². The summed E-state index contributed by atoms with van der Waals surface area (Å²) < 4.78 is 30.3. The summed E-state index contributed by atoms with van der Waals surface area (Å²) in [6, 6.07) is 7.63. The Morgan fingerprint density at radius 1 is 1.27 bits per heavy atom. The molecule has 10 heteroatoms. The zero-order valence-electron chi connectivity index (χ0n) is 19.9. The quantitative estimate of drug-likeness (QED) is 0.274. The summed E-state index contributed by atoms with van der Waals surface area (Å²) in [4.78, 5) is 32.6. The van der Waals surface area contributed by atoms with Crippen molar-refractivity contribution in [3.8, 4) is 11.3 Å². The molecule has 1 fully saturated rings. The molecule has 0 unspecified atom stereocenters. The molecule has 1 aliphatic heterocycles. The highest BCUT2D eigenvalue weighted by Gasteiger charge is 2.33. The van der Waals surface area contributed by atoms with Gasteiger partial charge in [0.1, 0.15) is 34.7 Å². The van der Waals surface area contributed by atoms with Gasteiger partial charge in [-0.2, -0.15) is 0 Å². The zero-order valence-corrected chi connectivity index (χ0v) is 20.6. The molecule has 0 spiro atoms. The number of pyridine rings is 1. The van der Waals surface area contributed by atoms with Gasteiger partial charge in [0.05, 0.1) is 10.4 Å². The average molecular weight is 519 g/mol. The lowest BCUT2D eigenvalue weighted by molar-refractivity contribution is -0.128. The van der Waals surface area contributed by atoms with Crippen molar-refractivity contribution in [2.45, 2.75) is 13.0 Å². The van der Waals surface area contributed by atoms with Gasteiger partial charge in [-0.25, -0.2) is 25.3 Å². The van der Waals surface area contributed by atoms with Crippen LogP contribution in [0.1, 0.15) is 5.82 Å². The number of piperazine rings is 1. The first kappa shape index (κ1) is 24.5. The molecule has 186 valence electrons. The van der Waals surface area contributed by atoms with Crippen LogP contribution in [-0.2, 0) is 4.79 Å². The van der Waals surface area contributed by atoms with Crippen LogP contribution >= 0.6 is 11.6 Å². The smallest absolute Gasteiger partial charge is 0.246 e. The fourth-order valence-corrected chi connectivity index (χ4v) is 5.08. The summed E-state index contributed by atoms with van der Waals surface area (Å²) in [7, 11) is 0. The van der Waals surface area contributed by atoms with Crippen molar-refractivity contribution in [1.29, 1.82) is 0 Å². The van der Waals surface area contributed by atoms with Crippen molar-refractivity contribution >= 4 is 45.0 Å². The van der Waals surface area contributed by atoms with E-state index in [9.17, 15) is 9.18 Å².